The number of aliphatic imine (C=N–C) groups is 1. The molecule has 0 atom stereocenters. The number of ether oxygens (including phenoxy) is 2. The van der Waals surface area contributed by atoms with Crippen molar-refractivity contribution in [3.05, 3.63) is 22.7 Å². The molecule has 0 spiro atoms. The van der Waals surface area contributed by atoms with E-state index in [1.807, 2.05) is 24.0 Å². The molecule has 3 rings (SSSR count). The van der Waals surface area contributed by atoms with Crippen LogP contribution in [0.2, 0.25) is 5.02 Å². The van der Waals surface area contributed by atoms with Crippen molar-refractivity contribution in [2.75, 3.05) is 39.4 Å². The summed E-state index contributed by atoms with van der Waals surface area (Å²) in [4.78, 5) is 18.2. The summed E-state index contributed by atoms with van der Waals surface area (Å²) in [5.41, 5.74) is 0.962. The Balaban J connectivity index is 0.00000280. The first-order valence-electron chi connectivity index (χ1n) is 9.55. The number of carbonyl (C=O) groups excluding carboxylic acids is 1. The molecule has 2 aliphatic rings. The molecule has 28 heavy (non-hydrogen) atoms. The number of nitrogens with one attached hydrogen (secondary N) is 2. The minimum atomic E-state index is 0. The summed E-state index contributed by atoms with van der Waals surface area (Å²) in [7, 11) is 0. The average molecular weight is 523 g/mol. The second kappa shape index (κ2) is 11.5. The van der Waals surface area contributed by atoms with E-state index < -0.39 is 0 Å². The summed E-state index contributed by atoms with van der Waals surface area (Å²) in [6.07, 6.45) is 2.57. The lowest BCUT2D eigenvalue weighted by atomic mass is 10.2. The molecule has 1 amide bonds. The van der Waals surface area contributed by atoms with E-state index in [0.717, 1.165) is 50.5 Å². The summed E-state index contributed by atoms with van der Waals surface area (Å²) in [5, 5.41) is 7.10. The highest BCUT2D eigenvalue weighted by atomic mass is 127. The molecular weight excluding hydrogens is 495 g/mol. The van der Waals surface area contributed by atoms with Crippen LogP contribution in [0.25, 0.3) is 0 Å². The van der Waals surface area contributed by atoms with Gasteiger partial charge in [0.1, 0.15) is 13.2 Å². The minimum absolute atomic E-state index is 0. The number of hydrogen-bond donors (Lipinski definition) is 2. The lowest BCUT2D eigenvalue weighted by Gasteiger charge is -2.20. The fraction of sp³-hybridized carbons (Fsp3) is 0.579. The number of rotatable bonds is 7. The van der Waals surface area contributed by atoms with E-state index in [9.17, 15) is 4.79 Å². The van der Waals surface area contributed by atoms with Gasteiger partial charge in [-0.05, 0) is 37.5 Å². The Labute approximate surface area is 188 Å². The maximum atomic E-state index is 11.6. The van der Waals surface area contributed by atoms with Crippen molar-refractivity contribution < 1.29 is 14.3 Å². The first-order chi connectivity index (χ1) is 13.2. The van der Waals surface area contributed by atoms with Crippen LogP contribution < -0.4 is 20.1 Å². The Morgan fingerprint density at radius 3 is 2.86 bits per heavy atom. The predicted octanol–water partition coefficient (Wildman–Crippen LogP) is 2.80. The third-order valence-corrected chi connectivity index (χ3v) is 4.77. The van der Waals surface area contributed by atoms with E-state index in [1.54, 1.807) is 0 Å². The standard InChI is InChI=1S/C19H27ClN4O3.HI/c1-2-21-19(22-6-4-8-24-7-3-5-17(24)25)23-13-14-11-15(20)18-16(12-14)26-9-10-27-18;/h11-12H,2-10,13H2,1H3,(H2,21,22,23);1H. The Morgan fingerprint density at radius 2 is 2.11 bits per heavy atom. The van der Waals surface area contributed by atoms with Crippen molar-refractivity contribution in [2.45, 2.75) is 32.7 Å². The molecule has 1 aromatic rings. The number of fused-ring (bicyclic) bond motifs is 1. The maximum absolute atomic E-state index is 11.6. The van der Waals surface area contributed by atoms with Crippen LogP contribution in [0.3, 0.4) is 0 Å². The molecule has 0 aromatic heterocycles. The van der Waals surface area contributed by atoms with Crippen molar-refractivity contribution in [2.24, 2.45) is 4.99 Å². The molecule has 1 saturated heterocycles. The molecule has 2 heterocycles. The Bertz CT molecular complexity index is 702. The third-order valence-electron chi connectivity index (χ3n) is 4.49. The number of guanidine groups is 1. The van der Waals surface area contributed by atoms with E-state index in [4.69, 9.17) is 21.1 Å². The van der Waals surface area contributed by atoms with Crippen molar-refractivity contribution in [3.63, 3.8) is 0 Å². The van der Waals surface area contributed by atoms with Gasteiger partial charge < -0.3 is 25.0 Å². The first-order valence-corrected chi connectivity index (χ1v) is 9.93. The number of nitrogens with zero attached hydrogens (tertiary/aromatic N) is 2. The van der Waals surface area contributed by atoms with Crippen molar-refractivity contribution in [1.29, 1.82) is 0 Å². The second-order valence-corrected chi connectivity index (χ2v) is 6.97. The Hall–Kier alpha value is -1.42. The molecule has 0 aliphatic carbocycles. The summed E-state index contributed by atoms with van der Waals surface area (Å²) >= 11 is 6.28. The van der Waals surface area contributed by atoms with E-state index >= 15 is 0 Å². The minimum Gasteiger partial charge on any atom is -0.486 e. The molecule has 1 fully saturated rings. The lowest BCUT2D eigenvalue weighted by Crippen LogP contribution is -2.39. The van der Waals surface area contributed by atoms with Crippen molar-refractivity contribution in [3.8, 4) is 11.5 Å². The van der Waals surface area contributed by atoms with Gasteiger partial charge in [-0.2, -0.15) is 0 Å². The molecule has 2 N–H and O–H groups in total. The summed E-state index contributed by atoms with van der Waals surface area (Å²) in [6.45, 7) is 6.77. The van der Waals surface area contributed by atoms with Gasteiger partial charge in [0.05, 0.1) is 11.6 Å². The van der Waals surface area contributed by atoms with Gasteiger partial charge in [-0.25, -0.2) is 4.99 Å². The summed E-state index contributed by atoms with van der Waals surface area (Å²) in [5.74, 6) is 2.30. The molecule has 0 saturated carbocycles. The highest BCUT2D eigenvalue weighted by Gasteiger charge is 2.19. The SMILES string of the molecule is CCNC(=NCc1cc(Cl)c2c(c1)OCCO2)NCCCN1CCCC1=O.I. The quantitative estimate of drug-likeness (QED) is 0.249. The normalized spacial score (nSPS) is 16.0. The topological polar surface area (TPSA) is 75.2 Å². The van der Waals surface area contributed by atoms with Gasteiger partial charge in [0, 0.05) is 32.6 Å². The maximum Gasteiger partial charge on any atom is 0.222 e. The van der Waals surface area contributed by atoms with Gasteiger partial charge in [0.15, 0.2) is 17.5 Å². The van der Waals surface area contributed by atoms with Crippen LogP contribution in [-0.2, 0) is 11.3 Å². The molecule has 2 aliphatic heterocycles. The number of likely N-dealkylation sites (tertiary alicyclic amines) is 1. The first kappa shape index (κ1) is 22.9. The van der Waals surface area contributed by atoms with Crippen LogP contribution in [0.15, 0.2) is 17.1 Å². The van der Waals surface area contributed by atoms with Crippen LogP contribution in [0.5, 0.6) is 11.5 Å². The summed E-state index contributed by atoms with van der Waals surface area (Å²) in [6, 6.07) is 3.79. The molecule has 0 unspecified atom stereocenters. The lowest BCUT2D eigenvalue weighted by molar-refractivity contribution is -0.127. The number of hydrogen-bond acceptors (Lipinski definition) is 4. The number of carbonyl (C=O) groups is 1. The van der Waals surface area contributed by atoms with E-state index in [1.165, 1.54) is 0 Å². The number of amides is 1. The molecule has 156 valence electrons. The zero-order chi connectivity index (χ0) is 19.1. The fourth-order valence-electron chi connectivity index (χ4n) is 3.18. The molecule has 9 heteroatoms. The van der Waals surface area contributed by atoms with E-state index in [-0.39, 0.29) is 29.9 Å². The smallest absolute Gasteiger partial charge is 0.222 e. The van der Waals surface area contributed by atoms with Gasteiger partial charge >= 0.3 is 0 Å². The van der Waals surface area contributed by atoms with Crippen LogP contribution >= 0.6 is 35.6 Å². The van der Waals surface area contributed by atoms with Gasteiger partial charge in [-0.3, -0.25) is 4.79 Å². The molecule has 7 nitrogen and oxygen atoms in total. The second-order valence-electron chi connectivity index (χ2n) is 6.56. The zero-order valence-corrected chi connectivity index (χ0v) is 19.2. The van der Waals surface area contributed by atoms with Crippen LogP contribution in [-0.4, -0.2) is 56.2 Å². The van der Waals surface area contributed by atoms with Crippen molar-refractivity contribution >= 4 is 47.4 Å². The van der Waals surface area contributed by atoms with Crippen molar-refractivity contribution in [1.82, 2.24) is 15.5 Å². The molecular formula is C19H28ClIN4O3. The monoisotopic (exact) mass is 522 g/mol. The average Bonchev–Trinajstić information content (AvgIpc) is 3.08. The molecule has 0 bridgehead atoms. The Kier molecular flexibility index (Phi) is 9.43. The van der Waals surface area contributed by atoms with Crippen LogP contribution in [0.1, 0.15) is 31.7 Å². The Morgan fingerprint density at radius 1 is 1.29 bits per heavy atom. The van der Waals surface area contributed by atoms with E-state index in [2.05, 4.69) is 15.6 Å². The summed E-state index contributed by atoms with van der Waals surface area (Å²) < 4.78 is 11.2. The highest BCUT2D eigenvalue weighted by Crippen LogP contribution is 2.38. The number of benzene rings is 1. The van der Waals surface area contributed by atoms with Gasteiger partial charge in [-0.1, -0.05) is 11.6 Å². The van der Waals surface area contributed by atoms with Gasteiger partial charge in [0.2, 0.25) is 5.91 Å². The van der Waals surface area contributed by atoms with Crippen LogP contribution in [0, 0.1) is 0 Å². The van der Waals surface area contributed by atoms with Gasteiger partial charge in [0.25, 0.3) is 0 Å². The van der Waals surface area contributed by atoms with E-state index in [0.29, 0.717) is 42.7 Å². The van der Waals surface area contributed by atoms with Gasteiger partial charge in [-0.15, -0.1) is 24.0 Å². The molecule has 1 aromatic carbocycles. The molecule has 0 radical (unpaired) electrons. The highest BCUT2D eigenvalue weighted by molar-refractivity contribution is 14.0. The fourth-order valence-corrected chi connectivity index (χ4v) is 3.47. The zero-order valence-electron chi connectivity index (χ0n) is 16.1. The number of halogens is 2. The predicted molar refractivity (Wildman–Crippen MR) is 121 cm³/mol. The third kappa shape index (κ3) is 6.30. The largest absolute Gasteiger partial charge is 0.486 e. The van der Waals surface area contributed by atoms with Crippen LogP contribution in [0.4, 0.5) is 0 Å².